The summed E-state index contributed by atoms with van der Waals surface area (Å²) in [7, 11) is 0. The van der Waals surface area contributed by atoms with Gasteiger partial charge in [-0.15, -0.1) is 0 Å². The third-order valence-corrected chi connectivity index (χ3v) is 3.01. The Morgan fingerprint density at radius 3 is 2.61 bits per heavy atom. The van der Waals surface area contributed by atoms with Gasteiger partial charge in [0.05, 0.1) is 6.54 Å². The fourth-order valence-electron chi connectivity index (χ4n) is 1.78. The second kappa shape index (κ2) is 5.40. The van der Waals surface area contributed by atoms with Gasteiger partial charge >= 0.3 is 0 Å². The van der Waals surface area contributed by atoms with Gasteiger partial charge < -0.3 is 14.8 Å². The van der Waals surface area contributed by atoms with E-state index < -0.39 is 5.60 Å². The summed E-state index contributed by atoms with van der Waals surface area (Å²) in [6.45, 7) is 8.98. The fraction of sp³-hybridized carbons (Fsp3) is 0.500. The van der Waals surface area contributed by atoms with Crippen LogP contribution >= 0.6 is 0 Å². The van der Waals surface area contributed by atoms with Crippen molar-refractivity contribution in [2.45, 2.75) is 40.2 Å². The second-order valence-electron chi connectivity index (χ2n) is 4.76. The predicted molar refractivity (Wildman–Crippen MR) is 70.2 cm³/mol. The van der Waals surface area contributed by atoms with Crippen LogP contribution in [0.5, 0.6) is 0 Å². The third-order valence-electron chi connectivity index (χ3n) is 3.01. The molecular weight excluding hydrogens is 230 g/mol. The molecule has 1 rings (SSSR count). The molecule has 0 spiro atoms. The Bertz CT molecular complexity index is 469. The average molecular weight is 251 g/mol. The van der Waals surface area contributed by atoms with Gasteiger partial charge in [-0.1, -0.05) is 6.08 Å². The Balaban J connectivity index is 2.77. The van der Waals surface area contributed by atoms with Gasteiger partial charge in [0.25, 0.3) is 0 Å². The number of hydrogen-bond acceptors (Lipinski definition) is 3. The molecule has 0 aliphatic rings. The smallest absolute Gasteiger partial charge is 0.246 e. The lowest BCUT2D eigenvalue weighted by atomic mass is 9.96. The molecule has 1 atom stereocenters. The van der Waals surface area contributed by atoms with Crippen molar-refractivity contribution in [3.63, 3.8) is 0 Å². The van der Waals surface area contributed by atoms with E-state index in [9.17, 15) is 9.90 Å². The first-order valence-corrected chi connectivity index (χ1v) is 5.99. The van der Waals surface area contributed by atoms with Crippen molar-refractivity contribution >= 4 is 5.91 Å². The molecule has 0 bridgehead atoms. The van der Waals surface area contributed by atoms with Gasteiger partial charge in [-0.2, -0.15) is 0 Å². The van der Waals surface area contributed by atoms with E-state index in [2.05, 4.69) is 5.32 Å². The molecule has 1 aromatic rings. The van der Waals surface area contributed by atoms with Crippen LogP contribution in [0.25, 0.3) is 0 Å². The topological polar surface area (TPSA) is 62.5 Å². The van der Waals surface area contributed by atoms with E-state index in [1.165, 1.54) is 0 Å². The zero-order valence-electron chi connectivity index (χ0n) is 11.6. The van der Waals surface area contributed by atoms with E-state index in [4.69, 9.17) is 4.42 Å². The number of nitrogens with one attached hydrogen (secondary N) is 1. The minimum absolute atomic E-state index is 0.150. The zero-order valence-corrected chi connectivity index (χ0v) is 11.6. The standard InChI is InChI=1S/C14H21NO3/c1-6-9(2)13(16)15-8-14(5,17)12-7-10(3)18-11(12)4/h6-7,17H,8H2,1-5H3,(H,15,16). The Morgan fingerprint density at radius 1 is 1.56 bits per heavy atom. The lowest BCUT2D eigenvalue weighted by Gasteiger charge is -2.23. The molecule has 0 aromatic carbocycles. The quantitative estimate of drug-likeness (QED) is 0.806. The Labute approximate surface area is 108 Å². The molecule has 0 radical (unpaired) electrons. The molecule has 1 unspecified atom stereocenters. The highest BCUT2D eigenvalue weighted by atomic mass is 16.3. The van der Waals surface area contributed by atoms with Gasteiger partial charge in [-0.25, -0.2) is 0 Å². The molecule has 1 amide bonds. The van der Waals surface area contributed by atoms with Crippen molar-refractivity contribution in [1.82, 2.24) is 5.32 Å². The average Bonchev–Trinajstić information content (AvgIpc) is 2.65. The van der Waals surface area contributed by atoms with Crippen LogP contribution in [0.4, 0.5) is 0 Å². The van der Waals surface area contributed by atoms with Crippen molar-refractivity contribution in [3.8, 4) is 0 Å². The van der Waals surface area contributed by atoms with Crippen LogP contribution in [-0.4, -0.2) is 17.6 Å². The molecule has 2 N–H and O–H groups in total. The normalized spacial score (nSPS) is 15.3. The minimum atomic E-state index is -1.13. The summed E-state index contributed by atoms with van der Waals surface area (Å²) in [4.78, 5) is 11.6. The van der Waals surface area contributed by atoms with E-state index in [0.29, 0.717) is 16.9 Å². The number of aliphatic hydroxyl groups is 1. The lowest BCUT2D eigenvalue weighted by Crippen LogP contribution is -2.39. The van der Waals surface area contributed by atoms with Crippen molar-refractivity contribution in [2.24, 2.45) is 0 Å². The predicted octanol–water partition coefficient (Wildman–Crippen LogP) is 2.19. The number of aryl methyl sites for hydroxylation is 2. The maximum absolute atomic E-state index is 11.6. The molecule has 0 saturated heterocycles. The molecule has 0 fully saturated rings. The van der Waals surface area contributed by atoms with Crippen LogP contribution in [0.3, 0.4) is 0 Å². The monoisotopic (exact) mass is 251 g/mol. The Morgan fingerprint density at radius 2 is 2.17 bits per heavy atom. The number of carbonyl (C=O) groups excluding carboxylic acids is 1. The van der Waals surface area contributed by atoms with Gasteiger partial charge in [-0.3, -0.25) is 4.79 Å². The molecule has 0 saturated carbocycles. The first kappa shape index (κ1) is 14.5. The fourth-order valence-corrected chi connectivity index (χ4v) is 1.78. The highest BCUT2D eigenvalue weighted by Crippen LogP contribution is 2.26. The van der Waals surface area contributed by atoms with Crippen LogP contribution in [0.1, 0.15) is 37.9 Å². The molecule has 0 aliphatic heterocycles. The van der Waals surface area contributed by atoms with E-state index in [1.54, 1.807) is 39.8 Å². The summed E-state index contributed by atoms with van der Waals surface area (Å²) in [5.74, 6) is 1.25. The number of amides is 1. The number of hydrogen-bond donors (Lipinski definition) is 2. The molecule has 4 heteroatoms. The molecule has 100 valence electrons. The number of rotatable bonds is 4. The SMILES string of the molecule is CC=C(C)C(=O)NCC(C)(O)c1cc(C)oc1C. The minimum Gasteiger partial charge on any atom is -0.466 e. The van der Waals surface area contributed by atoms with E-state index in [1.807, 2.05) is 6.92 Å². The highest BCUT2D eigenvalue weighted by Gasteiger charge is 2.28. The number of carbonyl (C=O) groups is 1. The van der Waals surface area contributed by atoms with Crippen LogP contribution in [0.15, 0.2) is 22.1 Å². The molecule has 0 aliphatic carbocycles. The first-order valence-electron chi connectivity index (χ1n) is 5.99. The van der Waals surface area contributed by atoms with Gasteiger partial charge in [0, 0.05) is 11.1 Å². The second-order valence-corrected chi connectivity index (χ2v) is 4.76. The molecule has 1 heterocycles. The van der Waals surface area contributed by atoms with E-state index >= 15 is 0 Å². The largest absolute Gasteiger partial charge is 0.466 e. The molecule has 1 aromatic heterocycles. The Kier molecular flexibility index (Phi) is 4.35. The third kappa shape index (κ3) is 3.23. The van der Waals surface area contributed by atoms with Crippen molar-refractivity contribution < 1.29 is 14.3 Å². The van der Waals surface area contributed by atoms with Gasteiger partial charge in [-0.05, 0) is 40.7 Å². The van der Waals surface area contributed by atoms with Gasteiger partial charge in [0.15, 0.2) is 0 Å². The summed E-state index contributed by atoms with van der Waals surface area (Å²) in [5.41, 5.74) is 0.204. The van der Waals surface area contributed by atoms with E-state index in [-0.39, 0.29) is 12.5 Å². The van der Waals surface area contributed by atoms with Crippen molar-refractivity contribution in [3.05, 3.63) is 34.8 Å². The van der Waals surface area contributed by atoms with Crippen LogP contribution in [0.2, 0.25) is 0 Å². The maximum Gasteiger partial charge on any atom is 0.246 e. The van der Waals surface area contributed by atoms with Crippen molar-refractivity contribution in [1.29, 1.82) is 0 Å². The molecule has 18 heavy (non-hydrogen) atoms. The van der Waals surface area contributed by atoms with Crippen LogP contribution in [0, 0.1) is 13.8 Å². The van der Waals surface area contributed by atoms with Crippen LogP contribution < -0.4 is 5.32 Å². The number of allylic oxidation sites excluding steroid dienone is 1. The first-order chi connectivity index (χ1) is 8.27. The molecule has 4 nitrogen and oxygen atoms in total. The summed E-state index contributed by atoms with van der Waals surface area (Å²) in [6, 6.07) is 1.80. The van der Waals surface area contributed by atoms with Crippen LogP contribution in [-0.2, 0) is 10.4 Å². The highest BCUT2D eigenvalue weighted by molar-refractivity contribution is 5.92. The van der Waals surface area contributed by atoms with Gasteiger partial charge in [0.1, 0.15) is 17.1 Å². The summed E-state index contributed by atoms with van der Waals surface area (Å²) < 4.78 is 5.39. The zero-order chi connectivity index (χ0) is 13.9. The number of furan rings is 1. The maximum atomic E-state index is 11.6. The lowest BCUT2D eigenvalue weighted by molar-refractivity contribution is -0.118. The summed E-state index contributed by atoms with van der Waals surface area (Å²) in [6.07, 6.45) is 1.73. The van der Waals surface area contributed by atoms with Gasteiger partial charge in [0.2, 0.25) is 5.91 Å². The summed E-state index contributed by atoms with van der Waals surface area (Å²) >= 11 is 0. The van der Waals surface area contributed by atoms with Crippen molar-refractivity contribution in [2.75, 3.05) is 6.54 Å². The van der Waals surface area contributed by atoms with E-state index in [0.717, 1.165) is 5.76 Å². The molecular formula is C14H21NO3. The summed E-state index contributed by atoms with van der Waals surface area (Å²) in [5, 5.41) is 13.1. The Hall–Kier alpha value is -1.55.